The third-order valence-electron chi connectivity index (χ3n) is 5.04. The number of amides is 1. The minimum Gasteiger partial charge on any atom is -0.332 e. The zero-order chi connectivity index (χ0) is 18.2. The van der Waals surface area contributed by atoms with E-state index in [0.29, 0.717) is 0 Å². The van der Waals surface area contributed by atoms with Gasteiger partial charge in [0, 0.05) is 6.04 Å². The smallest absolute Gasteiger partial charge is 0.241 e. The largest absolute Gasteiger partial charge is 0.332 e. The van der Waals surface area contributed by atoms with Crippen LogP contribution in [0.5, 0.6) is 0 Å². The summed E-state index contributed by atoms with van der Waals surface area (Å²) in [6, 6.07) is 7.19. The van der Waals surface area contributed by atoms with Crippen molar-refractivity contribution in [2.45, 2.75) is 62.4 Å². The van der Waals surface area contributed by atoms with Gasteiger partial charge in [0.15, 0.2) is 0 Å². The van der Waals surface area contributed by atoms with E-state index >= 15 is 0 Å². The molecule has 2 aliphatic rings. The van der Waals surface area contributed by atoms with Gasteiger partial charge in [0.1, 0.15) is 0 Å². The van der Waals surface area contributed by atoms with Crippen molar-refractivity contribution in [3.8, 4) is 0 Å². The summed E-state index contributed by atoms with van der Waals surface area (Å²) < 4.78 is 27.4. The van der Waals surface area contributed by atoms with Gasteiger partial charge in [-0.2, -0.15) is 0 Å². The number of nitrogens with one attached hydrogen (secondary N) is 1. The Balaban J connectivity index is 1.66. The molecule has 1 saturated heterocycles. The van der Waals surface area contributed by atoms with Crippen LogP contribution >= 0.6 is 0 Å². The van der Waals surface area contributed by atoms with Gasteiger partial charge in [0.2, 0.25) is 15.9 Å². The van der Waals surface area contributed by atoms with Crippen LogP contribution in [0.25, 0.3) is 0 Å². The van der Waals surface area contributed by atoms with Crippen molar-refractivity contribution < 1.29 is 13.2 Å². The van der Waals surface area contributed by atoms with E-state index in [1.165, 1.54) is 0 Å². The molecule has 1 amide bonds. The molecule has 0 unspecified atom stereocenters. The Hall–Kier alpha value is -1.66. The summed E-state index contributed by atoms with van der Waals surface area (Å²) in [7, 11) is -3.69. The quantitative estimate of drug-likeness (QED) is 0.837. The van der Waals surface area contributed by atoms with Crippen LogP contribution in [-0.2, 0) is 20.2 Å². The molecule has 0 aliphatic carbocycles. The van der Waals surface area contributed by atoms with E-state index in [1.807, 2.05) is 17.0 Å². The first-order valence-electron chi connectivity index (χ1n) is 8.76. The lowest BCUT2D eigenvalue weighted by Gasteiger charge is -2.31. The molecule has 0 spiro atoms. The molecule has 3 rings (SSSR count). The van der Waals surface area contributed by atoms with Crippen LogP contribution in [0.15, 0.2) is 41.3 Å². The first-order valence-corrected chi connectivity index (χ1v) is 10.2. The molecule has 0 saturated carbocycles. The molecular weight excluding hydrogens is 336 g/mol. The molecule has 1 aromatic rings. The van der Waals surface area contributed by atoms with Gasteiger partial charge in [-0.1, -0.05) is 45.1 Å². The second kappa shape index (κ2) is 6.57. The summed E-state index contributed by atoms with van der Waals surface area (Å²) in [6.07, 6.45) is 7.00. The van der Waals surface area contributed by atoms with Crippen molar-refractivity contribution in [3.63, 3.8) is 0 Å². The molecule has 2 bridgehead atoms. The first-order chi connectivity index (χ1) is 11.7. The van der Waals surface area contributed by atoms with Crippen LogP contribution in [0, 0.1) is 0 Å². The number of hydrogen-bond acceptors (Lipinski definition) is 3. The van der Waals surface area contributed by atoms with Gasteiger partial charge < -0.3 is 4.90 Å². The number of hydrogen-bond donors (Lipinski definition) is 1. The molecule has 5 nitrogen and oxygen atoms in total. The second-order valence-electron chi connectivity index (χ2n) is 7.86. The van der Waals surface area contributed by atoms with Crippen molar-refractivity contribution in [1.29, 1.82) is 0 Å². The van der Waals surface area contributed by atoms with E-state index in [-0.39, 0.29) is 34.8 Å². The molecule has 6 heteroatoms. The molecule has 2 aliphatic heterocycles. The van der Waals surface area contributed by atoms with Gasteiger partial charge in [0.05, 0.1) is 17.5 Å². The molecule has 1 aromatic carbocycles. The van der Waals surface area contributed by atoms with E-state index in [0.717, 1.165) is 24.8 Å². The number of sulfonamides is 1. The summed E-state index contributed by atoms with van der Waals surface area (Å²) in [5, 5.41) is 0. The molecule has 1 fully saturated rings. The highest BCUT2D eigenvalue weighted by Gasteiger charge is 2.37. The van der Waals surface area contributed by atoms with Gasteiger partial charge in [-0.05, 0) is 42.4 Å². The summed E-state index contributed by atoms with van der Waals surface area (Å²) in [4.78, 5) is 14.5. The summed E-state index contributed by atoms with van der Waals surface area (Å²) in [6.45, 7) is 6.04. The minimum absolute atomic E-state index is 0.0350. The number of carbonyl (C=O) groups excluding carboxylic acids is 1. The number of nitrogens with zero attached hydrogens (tertiary/aromatic N) is 1. The molecule has 136 valence electrons. The highest BCUT2D eigenvalue weighted by Crippen LogP contribution is 2.31. The lowest BCUT2D eigenvalue weighted by molar-refractivity contribution is -0.132. The maximum Gasteiger partial charge on any atom is 0.241 e. The standard InChI is InChI=1S/C19H26N2O3S/c1-19(2,3)14-7-11-17(12-8-14)25(23,24)20-13-18(22)21-15-5-4-6-16(21)10-9-15/h4-5,7-8,11-12,15-16,20H,6,9-10,13H2,1-3H3/t15-,16-/m0/s1. The van der Waals surface area contributed by atoms with Gasteiger partial charge in [-0.3, -0.25) is 4.79 Å². The fourth-order valence-corrected chi connectivity index (χ4v) is 4.55. The number of fused-ring (bicyclic) bond motifs is 2. The van der Waals surface area contributed by atoms with E-state index < -0.39 is 10.0 Å². The van der Waals surface area contributed by atoms with Crippen LogP contribution in [0.1, 0.15) is 45.6 Å². The Morgan fingerprint density at radius 3 is 2.48 bits per heavy atom. The van der Waals surface area contributed by atoms with Gasteiger partial charge in [-0.25, -0.2) is 13.1 Å². The molecule has 0 radical (unpaired) electrons. The Kier molecular flexibility index (Phi) is 4.77. The summed E-state index contributed by atoms with van der Waals surface area (Å²) in [5.74, 6) is -0.147. The molecule has 25 heavy (non-hydrogen) atoms. The third-order valence-corrected chi connectivity index (χ3v) is 6.46. The SMILES string of the molecule is CC(C)(C)c1ccc(S(=O)(=O)NCC(=O)N2[C@H]3CC=C[C@H]2CC3)cc1. The second-order valence-corrected chi connectivity index (χ2v) is 9.63. The lowest BCUT2D eigenvalue weighted by Crippen LogP contribution is -2.47. The fraction of sp³-hybridized carbons (Fsp3) is 0.526. The molecule has 2 heterocycles. The molecule has 0 aromatic heterocycles. The predicted octanol–water partition coefficient (Wildman–Crippen LogP) is 2.58. The molecule has 1 N–H and O–H groups in total. The van der Waals surface area contributed by atoms with Gasteiger partial charge in [-0.15, -0.1) is 0 Å². The maximum atomic E-state index is 12.5. The molecular formula is C19H26N2O3S. The van der Waals surface area contributed by atoms with Crippen molar-refractivity contribution in [1.82, 2.24) is 9.62 Å². The highest BCUT2D eigenvalue weighted by atomic mass is 32.2. The zero-order valence-corrected chi connectivity index (χ0v) is 15.8. The first kappa shape index (κ1) is 18.1. The Bertz CT molecular complexity index is 776. The predicted molar refractivity (Wildman–Crippen MR) is 97.7 cm³/mol. The minimum atomic E-state index is -3.69. The fourth-order valence-electron chi connectivity index (χ4n) is 3.58. The monoisotopic (exact) mass is 362 g/mol. The zero-order valence-electron chi connectivity index (χ0n) is 15.0. The number of benzene rings is 1. The summed E-state index contributed by atoms with van der Waals surface area (Å²) in [5.41, 5.74) is 1.03. The van der Waals surface area contributed by atoms with Crippen LogP contribution in [0.2, 0.25) is 0 Å². The lowest BCUT2D eigenvalue weighted by atomic mass is 9.87. The van der Waals surface area contributed by atoms with Crippen LogP contribution in [0.4, 0.5) is 0 Å². The van der Waals surface area contributed by atoms with Gasteiger partial charge in [0.25, 0.3) is 0 Å². The van der Waals surface area contributed by atoms with Crippen LogP contribution in [0.3, 0.4) is 0 Å². The Morgan fingerprint density at radius 1 is 1.20 bits per heavy atom. The third kappa shape index (κ3) is 3.80. The molecule has 2 atom stereocenters. The van der Waals surface area contributed by atoms with E-state index in [9.17, 15) is 13.2 Å². The number of carbonyl (C=O) groups is 1. The number of rotatable bonds is 4. The van der Waals surface area contributed by atoms with Crippen LogP contribution < -0.4 is 4.72 Å². The maximum absolute atomic E-state index is 12.5. The van der Waals surface area contributed by atoms with Crippen molar-refractivity contribution >= 4 is 15.9 Å². The van der Waals surface area contributed by atoms with Crippen LogP contribution in [-0.4, -0.2) is 37.9 Å². The normalized spacial score (nSPS) is 23.1. The van der Waals surface area contributed by atoms with Crippen molar-refractivity contribution in [2.24, 2.45) is 0 Å². The van der Waals surface area contributed by atoms with Gasteiger partial charge >= 0.3 is 0 Å². The summed E-state index contributed by atoms with van der Waals surface area (Å²) >= 11 is 0. The van der Waals surface area contributed by atoms with E-state index in [1.54, 1.807) is 12.1 Å². The highest BCUT2D eigenvalue weighted by molar-refractivity contribution is 7.89. The van der Waals surface area contributed by atoms with E-state index in [2.05, 4.69) is 37.6 Å². The average Bonchev–Trinajstić information content (AvgIpc) is 2.81. The van der Waals surface area contributed by atoms with Crippen molar-refractivity contribution in [3.05, 3.63) is 42.0 Å². The Labute approximate surface area is 150 Å². The average molecular weight is 362 g/mol. The van der Waals surface area contributed by atoms with E-state index in [4.69, 9.17) is 0 Å². The Morgan fingerprint density at radius 2 is 1.88 bits per heavy atom. The topological polar surface area (TPSA) is 66.5 Å². The van der Waals surface area contributed by atoms with Crippen molar-refractivity contribution in [2.75, 3.05) is 6.54 Å².